The van der Waals surface area contributed by atoms with Crippen LogP contribution in [0, 0.1) is 11.8 Å². The number of phosphoric ester groups is 2. The predicted octanol–water partition coefficient (Wildman–Crippen LogP) is 30.9. The van der Waals surface area contributed by atoms with Crippen LogP contribution in [0.2, 0.25) is 0 Å². The van der Waals surface area contributed by atoms with Crippen molar-refractivity contribution in [2.24, 2.45) is 11.8 Å². The molecular weight excluding hydrogens is 1510 g/mol. The zero-order chi connectivity index (χ0) is 85.5. The van der Waals surface area contributed by atoms with Gasteiger partial charge in [0.1, 0.15) is 19.3 Å². The fourth-order valence-corrected chi connectivity index (χ4v) is 17.1. The summed E-state index contributed by atoms with van der Waals surface area (Å²) in [6.07, 6.45) is 86.4. The molecule has 0 aliphatic rings. The zero-order valence-electron chi connectivity index (χ0n) is 77.5. The van der Waals surface area contributed by atoms with Gasteiger partial charge in [-0.3, -0.25) is 37.3 Å². The Morgan fingerprint density at radius 1 is 0.248 bits per heavy atom. The van der Waals surface area contributed by atoms with Crippen LogP contribution in [0.4, 0.5) is 0 Å². The van der Waals surface area contributed by atoms with Crippen molar-refractivity contribution in [1.29, 1.82) is 0 Å². The Kier molecular flexibility index (Phi) is 87.4. The van der Waals surface area contributed by atoms with Crippen LogP contribution in [0.25, 0.3) is 0 Å². The molecule has 696 valence electrons. The van der Waals surface area contributed by atoms with Crippen LogP contribution in [-0.2, 0) is 65.4 Å². The van der Waals surface area contributed by atoms with Crippen LogP contribution >= 0.6 is 15.6 Å². The summed E-state index contributed by atoms with van der Waals surface area (Å²) in [5.74, 6) is -0.492. The number of rotatable bonds is 97. The SMILES string of the molecule is CCCCCCCCCCCCCCCCCCCCCCCCC(=O)OC[C@H](COP(=O)(O)OC[C@@H](O)COP(=O)(O)OC[C@@H](COC(=O)CCCCCCCCCCC(C)CC)OC(=O)CCCCCCCCCCCCCCCCCCCCC(C)C)OC(=O)CCCCCCCCCCCCCCCCCCCCCCCC. The minimum Gasteiger partial charge on any atom is -0.462 e. The normalized spacial score (nSPS) is 13.9. The first-order valence-corrected chi connectivity index (χ1v) is 53.5. The van der Waals surface area contributed by atoms with Crippen LogP contribution in [0.5, 0.6) is 0 Å². The van der Waals surface area contributed by atoms with Gasteiger partial charge >= 0.3 is 39.5 Å². The van der Waals surface area contributed by atoms with E-state index < -0.39 is 97.5 Å². The topological polar surface area (TPSA) is 237 Å². The maximum absolute atomic E-state index is 13.2. The maximum Gasteiger partial charge on any atom is 0.472 e. The van der Waals surface area contributed by atoms with Crippen molar-refractivity contribution in [2.45, 2.75) is 554 Å². The molecule has 0 aliphatic heterocycles. The van der Waals surface area contributed by atoms with Crippen molar-refractivity contribution in [2.75, 3.05) is 39.6 Å². The summed E-state index contributed by atoms with van der Waals surface area (Å²) in [6.45, 7) is 9.78. The second-order valence-electron chi connectivity index (χ2n) is 35.9. The van der Waals surface area contributed by atoms with E-state index in [1.54, 1.807) is 0 Å². The molecule has 6 atom stereocenters. The highest BCUT2D eigenvalue weighted by molar-refractivity contribution is 7.47. The van der Waals surface area contributed by atoms with E-state index in [0.717, 1.165) is 102 Å². The minimum atomic E-state index is -4.97. The van der Waals surface area contributed by atoms with Crippen molar-refractivity contribution in [1.82, 2.24) is 0 Å². The van der Waals surface area contributed by atoms with Gasteiger partial charge in [-0.25, -0.2) is 9.13 Å². The smallest absolute Gasteiger partial charge is 0.462 e. The first-order chi connectivity index (χ1) is 56.9. The van der Waals surface area contributed by atoms with E-state index in [2.05, 4.69) is 41.5 Å². The van der Waals surface area contributed by atoms with Crippen LogP contribution in [-0.4, -0.2) is 96.7 Å². The first kappa shape index (κ1) is 115. The lowest BCUT2D eigenvalue weighted by Crippen LogP contribution is -2.30. The van der Waals surface area contributed by atoms with Gasteiger partial charge in [-0.05, 0) is 37.5 Å². The highest BCUT2D eigenvalue weighted by atomic mass is 31.2. The third-order valence-corrected chi connectivity index (χ3v) is 25.5. The number of hydrogen-bond acceptors (Lipinski definition) is 15. The van der Waals surface area contributed by atoms with Crippen LogP contribution < -0.4 is 0 Å². The molecule has 19 heteroatoms. The lowest BCUT2D eigenvalue weighted by atomic mass is 9.99. The lowest BCUT2D eigenvalue weighted by Gasteiger charge is -2.21. The average Bonchev–Trinajstić information content (AvgIpc) is 0.721. The largest absolute Gasteiger partial charge is 0.472 e. The summed E-state index contributed by atoms with van der Waals surface area (Å²) >= 11 is 0. The Morgan fingerprint density at radius 2 is 0.436 bits per heavy atom. The summed E-state index contributed by atoms with van der Waals surface area (Å²) < 4.78 is 69.3. The Balaban J connectivity index is 5.23. The third kappa shape index (κ3) is 90.1. The molecule has 0 aromatic carbocycles. The summed E-state index contributed by atoms with van der Waals surface area (Å²) in [4.78, 5) is 73.7. The Morgan fingerprint density at radius 3 is 0.650 bits per heavy atom. The molecule has 0 fully saturated rings. The minimum absolute atomic E-state index is 0.108. The van der Waals surface area contributed by atoms with Gasteiger partial charge in [0, 0.05) is 25.7 Å². The molecule has 0 bridgehead atoms. The van der Waals surface area contributed by atoms with E-state index in [1.165, 1.54) is 353 Å². The van der Waals surface area contributed by atoms with Gasteiger partial charge in [0.05, 0.1) is 26.4 Å². The standard InChI is InChI=1S/C98H192O17P2/c1-7-10-12-14-16-18-20-22-24-26-28-30-32-34-39-43-47-51-55-62-68-74-80-95(100)108-86-93(114-97(102)82-76-70-64-56-52-48-44-40-35-33-31-29-27-25-23-21-19-17-15-13-11-8-2)88-112-116(104,105)110-84-92(99)85-111-117(106,107)113-89-94(87-109-96(101)81-75-69-63-59-58-61-67-73-79-91(6)9-3)115-98(103)83-77-71-65-57-53-49-45-41-37-36-38-42-46-50-54-60-66-72-78-90(4)5/h90-94,99H,7-89H2,1-6H3,(H,104,105)(H,106,107)/t91?,92-,93-,94-/m1/s1. The third-order valence-electron chi connectivity index (χ3n) is 23.6. The lowest BCUT2D eigenvalue weighted by molar-refractivity contribution is -0.161. The number of esters is 4. The zero-order valence-corrected chi connectivity index (χ0v) is 79.3. The maximum atomic E-state index is 13.2. The molecule has 0 aromatic rings. The first-order valence-electron chi connectivity index (χ1n) is 50.5. The monoisotopic (exact) mass is 1700 g/mol. The van der Waals surface area contributed by atoms with Gasteiger partial charge in [0.2, 0.25) is 0 Å². The van der Waals surface area contributed by atoms with Gasteiger partial charge in [0.15, 0.2) is 12.2 Å². The summed E-state index contributed by atoms with van der Waals surface area (Å²) in [5.41, 5.74) is 0. The molecule has 3 unspecified atom stereocenters. The average molecular weight is 1700 g/mol. The number of aliphatic hydroxyl groups is 1. The molecule has 0 heterocycles. The molecule has 17 nitrogen and oxygen atoms in total. The van der Waals surface area contributed by atoms with Crippen molar-refractivity contribution in [3.05, 3.63) is 0 Å². The molecule has 0 saturated carbocycles. The number of phosphoric acid groups is 2. The van der Waals surface area contributed by atoms with Crippen LogP contribution in [0.1, 0.15) is 536 Å². The van der Waals surface area contributed by atoms with Gasteiger partial charge in [-0.2, -0.15) is 0 Å². The van der Waals surface area contributed by atoms with Gasteiger partial charge in [0.25, 0.3) is 0 Å². The van der Waals surface area contributed by atoms with Crippen molar-refractivity contribution < 1.29 is 80.2 Å². The number of carbonyl (C=O) groups excluding carboxylic acids is 4. The molecule has 0 aromatic heterocycles. The quantitative estimate of drug-likeness (QED) is 0.0222. The fraction of sp³-hybridized carbons (Fsp3) is 0.959. The molecule has 0 radical (unpaired) electrons. The Labute approximate surface area is 721 Å². The van der Waals surface area contributed by atoms with Gasteiger partial charge < -0.3 is 33.8 Å². The van der Waals surface area contributed by atoms with Crippen LogP contribution in [0.15, 0.2) is 0 Å². The van der Waals surface area contributed by atoms with Crippen molar-refractivity contribution in [3.8, 4) is 0 Å². The molecule has 0 spiro atoms. The number of unbranched alkanes of at least 4 members (excludes halogenated alkanes) is 66. The summed E-state index contributed by atoms with van der Waals surface area (Å²) in [6, 6.07) is 0. The van der Waals surface area contributed by atoms with Crippen molar-refractivity contribution in [3.63, 3.8) is 0 Å². The van der Waals surface area contributed by atoms with E-state index in [4.69, 9.17) is 37.0 Å². The van der Waals surface area contributed by atoms with E-state index in [-0.39, 0.29) is 25.7 Å². The van der Waals surface area contributed by atoms with Gasteiger partial charge in [-0.15, -0.1) is 0 Å². The fourth-order valence-electron chi connectivity index (χ4n) is 15.5. The highest BCUT2D eigenvalue weighted by Crippen LogP contribution is 2.45. The number of hydrogen-bond donors (Lipinski definition) is 3. The van der Waals surface area contributed by atoms with E-state index in [0.29, 0.717) is 25.7 Å². The van der Waals surface area contributed by atoms with Gasteiger partial charge in [-0.1, -0.05) is 485 Å². The number of aliphatic hydroxyl groups excluding tert-OH is 1. The Hall–Kier alpha value is -1.94. The van der Waals surface area contributed by atoms with E-state index in [9.17, 15) is 43.2 Å². The summed E-state index contributed by atoms with van der Waals surface area (Å²) in [5, 5.41) is 10.7. The van der Waals surface area contributed by atoms with Crippen molar-refractivity contribution >= 4 is 39.5 Å². The molecule has 117 heavy (non-hydrogen) atoms. The summed E-state index contributed by atoms with van der Waals surface area (Å²) in [7, 11) is -9.95. The molecule has 3 N–H and O–H groups in total. The second-order valence-corrected chi connectivity index (χ2v) is 38.8. The van der Waals surface area contributed by atoms with Crippen LogP contribution in [0.3, 0.4) is 0 Å². The second kappa shape index (κ2) is 88.9. The molecule has 0 saturated heterocycles. The van der Waals surface area contributed by atoms with E-state index >= 15 is 0 Å². The number of carbonyl (C=O) groups is 4. The Bertz CT molecular complexity index is 2220. The molecule has 0 aliphatic carbocycles. The molecule has 0 rings (SSSR count). The predicted molar refractivity (Wildman–Crippen MR) is 488 cm³/mol. The highest BCUT2D eigenvalue weighted by Gasteiger charge is 2.31. The molecule has 0 amide bonds. The molecular formula is C98H192O17P2. The number of ether oxygens (including phenoxy) is 4. The van der Waals surface area contributed by atoms with E-state index in [1.807, 2.05) is 0 Å².